The second-order valence-electron chi connectivity index (χ2n) is 3.61. The van der Waals surface area contributed by atoms with Crippen molar-refractivity contribution >= 4 is 0 Å². The molecule has 1 rings (SSSR count). The zero-order valence-electron chi connectivity index (χ0n) is 9.68. The number of rotatable bonds is 6. The molecular formula is C12H16F3NO. The van der Waals surface area contributed by atoms with Crippen LogP contribution in [-0.2, 0) is 6.42 Å². The van der Waals surface area contributed by atoms with Gasteiger partial charge < -0.3 is 10.1 Å². The molecule has 0 aliphatic heterocycles. The molecule has 0 heterocycles. The third-order valence-electron chi connectivity index (χ3n) is 2.25. The molecule has 0 bridgehead atoms. The zero-order valence-corrected chi connectivity index (χ0v) is 9.68. The Morgan fingerprint density at radius 3 is 2.59 bits per heavy atom. The maximum absolute atomic E-state index is 12.1. The minimum Gasteiger partial charge on any atom is -0.406 e. The minimum absolute atomic E-state index is 0.100. The molecule has 0 aliphatic rings. The molecule has 0 unspecified atom stereocenters. The van der Waals surface area contributed by atoms with Crippen LogP contribution in [0.4, 0.5) is 13.2 Å². The van der Waals surface area contributed by atoms with Crippen molar-refractivity contribution in [1.29, 1.82) is 0 Å². The molecule has 96 valence electrons. The molecule has 0 aromatic heterocycles. The van der Waals surface area contributed by atoms with Crippen LogP contribution in [0, 0.1) is 0 Å². The molecule has 1 N–H and O–H groups in total. The second-order valence-corrected chi connectivity index (χ2v) is 3.61. The zero-order chi connectivity index (χ0) is 12.7. The average Bonchev–Trinajstić information content (AvgIpc) is 2.24. The Balaban J connectivity index is 2.58. The van der Waals surface area contributed by atoms with Crippen molar-refractivity contribution in [2.75, 3.05) is 13.1 Å². The third kappa shape index (κ3) is 5.58. The van der Waals surface area contributed by atoms with E-state index in [2.05, 4.69) is 10.1 Å². The molecule has 0 saturated heterocycles. The van der Waals surface area contributed by atoms with E-state index in [1.54, 1.807) is 12.1 Å². The van der Waals surface area contributed by atoms with Crippen LogP contribution in [0.5, 0.6) is 5.75 Å². The van der Waals surface area contributed by atoms with Crippen LogP contribution in [0.2, 0.25) is 0 Å². The van der Waals surface area contributed by atoms with Crippen LogP contribution < -0.4 is 10.1 Å². The van der Waals surface area contributed by atoms with Crippen molar-refractivity contribution < 1.29 is 17.9 Å². The molecule has 0 fully saturated rings. The first-order chi connectivity index (χ1) is 8.03. The van der Waals surface area contributed by atoms with Gasteiger partial charge in [-0.3, -0.25) is 0 Å². The Kier molecular flexibility index (Phi) is 5.28. The first-order valence-electron chi connectivity index (χ1n) is 5.57. The highest BCUT2D eigenvalue weighted by Gasteiger charge is 2.31. The van der Waals surface area contributed by atoms with Gasteiger partial charge in [0, 0.05) is 0 Å². The van der Waals surface area contributed by atoms with E-state index in [4.69, 9.17) is 0 Å². The van der Waals surface area contributed by atoms with E-state index < -0.39 is 6.36 Å². The summed E-state index contributed by atoms with van der Waals surface area (Å²) in [7, 11) is 0. The van der Waals surface area contributed by atoms with Crippen LogP contribution in [-0.4, -0.2) is 19.5 Å². The molecule has 0 saturated carbocycles. The van der Waals surface area contributed by atoms with Crippen molar-refractivity contribution in [1.82, 2.24) is 5.32 Å². The molecular weight excluding hydrogens is 231 g/mol. The standard InChI is InChI=1S/C12H16F3NO/c1-2-16-9-5-7-10-6-3-4-8-11(10)17-12(13,14)15/h3-4,6,8,16H,2,5,7,9H2,1H3. The first kappa shape index (κ1) is 13.8. The van der Waals surface area contributed by atoms with Gasteiger partial charge >= 0.3 is 6.36 Å². The molecule has 5 heteroatoms. The van der Waals surface area contributed by atoms with Crippen molar-refractivity contribution in [3.63, 3.8) is 0 Å². The van der Waals surface area contributed by atoms with Gasteiger partial charge in [0.25, 0.3) is 0 Å². The fourth-order valence-electron chi connectivity index (χ4n) is 1.52. The van der Waals surface area contributed by atoms with Gasteiger partial charge in [-0.25, -0.2) is 0 Å². The SMILES string of the molecule is CCNCCCc1ccccc1OC(F)(F)F. The van der Waals surface area contributed by atoms with Gasteiger partial charge in [0.05, 0.1) is 0 Å². The van der Waals surface area contributed by atoms with Crippen molar-refractivity contribution in [2.24, 2.45) is 0 Å². The van der Waals surface area contributed by atoms with Gasteiger partial charge in [-0.15, -0.1) is 13.2 Å². The summed E-state index contributed by atoms with van der Waals surface area (Å²) in [5, 5.41) is 3.12. The fourth-order valence-corrected chi connectivity index (χ4v) is 1.52. The number of nitrogens with one attached hydrogen (secondary N) is 1. The normalized spacial score (nSPS) is 11.5. The first-order valence-corrected chi connectivity index (χ1v) is 5.57. The lowest BCUT2D eigenvalue weighted by molar-refractivity contribution is -0.274. The highest BCUT2D eigenvalue weighted by atomic mass is 19.4. The Labute approximate surface area is 98.8 Å². The Morgan fingerprint density at radius 2 is 1.94 bits per heavy atom. The van der Waals surface area contributed by atoms with Crippen LogP contribution in [0.25, 0.3) is 0 Å². The lowest BCUT2D eigenvalue weighted by atomic mass is 10.1. The highest BCUT2D eigenvalue weighted by Crippen LogP contribution is 2.26. The summed E-state index contributed by atoms with van der Waals surface area (Å²) in [6, 6.07) is 6.25. The van der Waals surface area contributed by atoms with E-state index in [1.165, 1.54) is 12.1 Å². The number of para-hydroxylation sites is 1. The van der Waals surface area contributed by atoms with E-state index in [0.717, 1.165) is 19.5 Å². The lowest BCUT2D eigenvalue weighted by Crippen LogP contribution is -2.18. The molecule has 0 amide bonds. The molecule has 0 spiro atoms. The van der Waals surface area contributed by atoms with Gasteiger partial charge in [-0.1, -0.05) is 25.1 Å². The monoisotopic (exact) mass is 247 g/mol. The highest BCUT2D eigenvalue weighted by molar-refractivity contribution is 5.33. The Morgan fingerprint density at radius 1 is 1.24 bits per heavy atom. The number of ether oxygens (including phenoxy) is 1. The summed E-state index contributed by atoms with van der Waals surface area (Å²) >= 11 is 0. The quantitative estimate of drug-likeness (QED) is 0.780. The number of alkyl halides is 3. The molecule has 2 nitrogen and oxygen atoms in total. The molecule has 0 radical (unpaired) electrons. The van der Waals surface area contributed by atoms with Crippen LogP contribution >= 0.6 is 0 Å². The topological polar surface area (TPSA) is 21.3 Å². The van der Waals surface area contributed by atoms with E-state index in [1.807, 2.05) is 6.92 Å². The predicted molar refractivity (Wildman–Crippen MR) is 60.0 cm³/mol. The summed E-state index contributed by atoms with van der Waals surface area (Å²) in [5.41, 5.74) is 0.586. The maximum Gasteiger partial charge on any atom is 0.573 e. The molecule has 1 aromatic carbocycles. The number of aryl methyl sites for hydroxylation is 1. The number of benzene rings is 1. The summed E-state index contributed by atoms with van der Waals surface area (Å²) < 4.78 is 40.4. The maximum atomic E-state index is 12.1. The van der Waals surface area contributed by atoms with Crippen LogP contribution in [0.1, 0.15) is 18.9 Å². The van der Waals surface area contributed by atoms with Crippen LogP contribution in [0.15, 0.2) is 24.3 Å². The molecule has 1 aromatic rings. The Bertz CT molecular complexity index is 339. The number of hydrogen-bond donors (Lipinski definition) is 1. The average molecular weight is 247 g/mol. The molecule has 17 heavy (non-hydrogen) atoms. The second kappa shape index (κ2) is 6.49. The fraction of sp³-hybridized carbons (Fsp3) is 0.500. The molecule has 0 aliphatic carbocycles. The molecule has 0 atom stereocenters. The summed E-state index contributed by atoms with van der Waals surface area (Å²) in [5.74, 6) is -0.100. The lowest BCUT2D eigenvalue weighted by Gasteiger charge is -2.13. The van der Waals surface area contributed by atoms with Crippen molar-refractivity contribution in [3.05, 3.63) is 29.8 Å². The smallest absolute Gasteiger partial charge is 0.406 e. The van der Waals surface area contributed by atoms with Gasteiger partial charge in [-0.05, 0) is 37.6 Å². The van der Waals surface area contributed by atoms with Crippen LogP contribution in [0.3, 0.4) is 0 Å². The van der Waals surface area contributed by atoms with Gasteiger partial charge in [0.2, 0.25) is 0 Å². The minimum atomic E-state index is -4.63. The van der Waals surface area contributed by atoms with Crippen molar-refractivity contribution in [2.45, 2.75) is 26.1 Å². The largest absolute Gasteiger partial charge is 0.573 e. The number of halogens is 3. The van der Waals surface area contributed by atoms with Gasteiger partial charge in [-0.2, -0.15) is 0 Å². The van der Waals surface area contributed by atoms with Gasteiger partial charge in [0.1, 0.15) is 5.75 Å². The van der Waals surface area contributed by atoms with E-state index in [0.29, 0.717) is 12.0 Å². The summed E-state index contributed by atoms with van der Waals surface area (Å²) in [6.07, 6.45) is -3.27. The predicted octanol–water partition coefficient (Wildman–Crippen LogP) is 3.13. The summed E-state index contributed by atoms with van der Waals surface area (Å²) in [6.45, 7) is 3.64. The van der Waals surface area contributed by atoms with E-state index in [-0.39, 0.29) is 5.75 Å². The van der Waals surface area contributed by atoms with E-state index >= 15 is 0 Å². The van der Waals surface area contributed by atoms with Crippen molar-refractivity contribution in [3.8, 4) is 5.75 Å². The van der Waals surface area contributed by atoms with Gasteiger partial charge in [0.15, 0.2) is 0 Å². The summed E-state index contributed by atoms with van der Waals surface area (Å²) in [4.78, 5) is 0. The van der Waals surface area contributed by atoms with E-state index in [9.17, 15) is 13.2 Å². The third-order valence-corrected chi connectivity index (χ3v) is 2.25. The number of hydrogen-bond acceptors (Lipinski definition) is 2. The Hall–Kier alpha value is -1.23.